The molecule has 0 spiro atoms. The average molecular weight is 403 g/mol. The molecule has 0 aliphatic carbocycles. The van der Waals surface area contributed by atoms with Crippen LogP contribution in [0.3, 0.4) is 0 Å². The minimum atomic E-state index is -1.11. The number of carboxylic acids is 1. The van der Waals surface area contributed by atoms with Crippen molar-refractivity contribution in [1.29, 1.82) is 0 Å². The lowest BCUT2D eigenvalue weighted by Gasteiger charge is -2.08. The van der Waals surface area contributed by atoms with Gasteiger partial charge in [0.25, 0.3) is 0 Å². The molecule has 1 N–H and O–H groups in total. The van der Waals surface area contributed by atoms with E-state index in [1.807, 2.05) is 0 Å². The number of esters is 1. The molecule has 0 saturated heterocycles. The quantitative estimate of drug-likeness (QED) is 0.167. The average Bonchev–Trinajstić information content (AvgIpc) is 2.69. The lowest BCUT2D eigenvalue weighted by Crippen LogP contribution is -2.23. The molecule has 1 unspecified atom stereocenters. The summed E-state index contributed by atoms with van der Waals surface area (Å²) in [7, 11) is 0. The Morgan fingerprint density at radius 1 is 0.759 bits per heavy atom. The minimum Gasteiger partial charge on any atom is -0.479 e. The van der Waals surface area contributed by atoms with Crippen LogP contribution in [0.25, 0.3) is 0 Å². The maximum Gasteiger partial charge on any atom is 0.344 e. The van der Waals surface area contributed by atoms with Gasteiger partial charge in [0.2, 0.25) is 0 Å². The summed E-state index contributed by atoms with van der Waals surface area (Å²) in [6.07, 6.45) is 29.8. The molecule has 0 aromatic rings. The molecule has 0 amide bonds. The summed E-state index contributed by atoms with van der Waals surface area (Å²) in [5, 5.41) is 8.67. The van der Waals surface area contributed by atoms with Gasteiger partial charge in [-0.3, -0.25) is 4.79 Å². The Labute approximate surface area is 176 Å². The predicted octanol–water partition coefficient (Wildman–Crippen LogP) is 6.70. The number of allylic oxidation sites excluding steroid dienone is 10. The summed E-state index contributed by atoms with van der Waals surface area (Å²) < 4.78 is 4.78. The number of unbranched alkanes of at least 4 members (excludes halogenated alkanes) is 3. The van der Waals surface area contributed by atoms with Crippen molar-refractivity contribution >= 4 is 11.9 Å². The zero-order chi connectivity index (χ0) is 21.6. The maximum absolute atomic E-state index is 11.4. The van der Waals surface area contributed by atoms with Crippen LogP contribution in [0.15, 0.2) is 60.8 Å². The zero-order valence-corrected chi connectivity index (χ0v) is 18.1. The zero-order valence-electron chi connectivity index (χ0n) is 18.1. The minimum absolute atomic E-state index is 0.281. The monoisotopic (exact) mass is 402 g/mol. The van der Waals surface area contributed by atoms with Crippen molar-refractivity contribution in [2.24, 2.45) is 0 Å². The van der Waals surface area contributed by atoms with Gasteiger partial charge in [0.05, 0.1) is 0 Å². The van der Waals surface area contributed by atoms with Gasteiger partial charge in [0.15, 0.2) is 6.10 Å². The Kier molecular flexibility index (Phi) is 18.7. The molecule has 162 valence electrons. The summed E-state index contributed by atoms with van der Waals surface area (Å²) in [6.45, 7) is 3.51. The number of carbonyl (C=O) groups is 2. The first-order valence-corrected chi connectivity index (χ1v) is 10.7. The molecule has 0 aliphatic heterocycles. The molecule has 0 radical (unpaired) electrons. The van der Waals surface area contributed by atoms with Crippen molar-refractivity contribution < 1.29 is 19.4 Å². The topological polar surface area (TPSA) is 63.6 Å². The van der Waals surface area contributed by atoms with Crippen molar-refractivity contribution in [2.45, 2.75) is 84.2 Å². The summed E-state index contributed by atoms with van der Waals surface area (Å²) in [5.41, 5.74) is 0. The van der Waals surface area contributed by atoms with E-state index in [9.17, 15) is 9.59 Å². The van der Waals surface area contributed by atoms with Crippen LogP contribution in [-0.2, 0) is 14.3 Å². The molecule has 29 heavy (non-hydrogen) atoms. The Morgan fingerprint density at radius 2 is 1.24 bits per heavy atom. The van der Waals surface area contributed by atoms with Gasteiger partial charge in [-0.05, 0) is 58.3 Å². The third-order valence-corrected chi connectivity index (χ3v) is 4.07. The lowest BCUT2D eigenvalue weighted by atomic mass is 10.1. The number of hydrogen-bond acceptors (Lipinski definition) is 3. The molecule has 0 rings (SSSR count). The van der Waals surface area contributed by atoms with Crippen molar-refractivity contribution in [2.75, 3.05) is 0 Å². The maximum atomic E-state index is 11.4. The molecule has 0 aliphatic rings. The lowest BCUT2D eigenvalue weighted by molar-refractivity contribution is -0.162. The van der Waals surface area contributed by atoms with Gasteiger partial charge in [-0.2, -0.15) is 0 Å². The van der Waals surface area contributed by atoms with Gasteiger partial charge in [0, 0.05) is 6.42 Å². The van der Waals surface area contributed by atoms with E-state index in [1.165, 1.54) is 6.92 Å². The first-order chi connectivity index (χ1) is 14.1. The van der Waals surface area contributed by atoms with Crippen LogP contribution in [-0.4, -0.2) is 23.1 Å². The highest BCUT2D eigenvalue weighted by atomic mass is 16.6. The van der Waals surface area contributed by atoms with Gasteiger partial charge < -0.3 is 9.84 Å². The largest absolute Gasteiger partial charge is 0.479 e. The van der Waals surface area contributed by atoms with Crippen LogP contribution in [0.1, 0.15) is 78.1 Å². The molecule has 0 aromatic heterocycles. The number of hydrogen-bond donors (Lipinski definition) is 1. The van der Waals surface area contributed by atoms with E-state index in [0.717, 1.165) is 57.8 Å². The number of rotatable bonds is 17. The highest BCUT2D eigenvalue weighted by Crippen LogP contribution is 2.06. The first-order valence-electron chi connectivity index (χ1n) is 10.7. The fourth-order valence-electron chi connectivity index (χ4n) is 2.38. The van der Waals surface area contributed by atoms with Gasteiger partial charge in [-0.25, -0.2) is 4.79 Å². The second kappa shape index (κ2) is 20.4. The van der Waals surface area contributed by atoms with Crippen LogP contribution in [0, 0.1) is 0 Å². The van der Waals surface area contributed by atoms with Gasteiger partial charge in [-0.15, -0.1) is 0 Å². The highest BCUT2D eigenvalue weighted by molar-refractivity contribution is 5.77. The number of aliphatic carboxylic acids is 1. The van der Waals surface area contributed by atoms with Crippen LogP contribution < -0.4 is 0 Å². The molecular weight excluding hydrogens is 364 g/mol. The Hall–Kier alpha value is -2.36. The summed E-state index contributed by atoms with van der Waals surface area (Å²) in [6, 6.07) is 0. The molecule has 0 saturated carbocycles. The van der Waals surface area contributed by atoms with Crippen molar-refractivity contribution in [3.8, 4) is 0 Å². The predicted molar refractivity (Wildman–Crippen MR) is 121 cm³/mol. The van der Waals surface area contributed by atoms with Crippen molar-refractivity contribution in [1.82, 2.24) is 0 Å². The fourth-order valence-corrected chi connectivity index (χ4v) is 2.38. The van der Waals surface area contributed by atoms with E-state index in [0.29, 0.717) is 0 Å². The van der Waals surface area contributed by atoms with Crippen LogP contribution in [0.5, 0.6) is 0 Å². The second-order valence-electron chi connectivity index (χ2n) is 6.78. The van der Waals surface area contributed by atoms with E-state index in [-0.39, 0.29) is 6.42 Å². The highest BCUT2D eigenvalue weighted by Gasteiger charge is 2.15. The van der Waals surface area contributed by atoms with Crippen LogP contribution in [0.4, 0.5) is 0 Å². The van der Waals surface area contributed by atoms with E-state index >= 15 is 0 Å². The first kappa shape index (κ1) is 26.6. The van der Waals surface area contributed by atoms with Gasteiger partial charge in [0.1, 0.15) is 0 Å². The Balaban J connectivity index is 3.53. The molecule has 1 atom stereocenters. The summed E-state index contributed by atoms with van der Waals surface area (Å²) >= 11 is 0. The molecule has 0 bridgehead atoms. The second-order valence-corrected chi connectivity index (χ2v) is 6.78. The molecule has 4 heteroatoms. The number of carbonyl (C=O) groups excluding carboxylic acids is 1. The van der Waals surface area contributed by atoms with Gasteiger partial charge >= 0.3 is 11.9 Å². The molecular formula is C25H38O4. The van der Waals surface area contributed by atoms with Crippen LogP contribution >= 0.6 is 0 Å². The summed E-state index contributed by atoms with van der Waals surface area (Å²) in [5.74, 6) is -1.55. The van der Waals surface area contributed by atoms with Gasteiger partial charge in [-0.1, -0.05) is 74.1 Å². The molecule has 4 nitrogen and oxygen atoms in total. The van der Waals surface area contributed by atoms with Crippen LogP contribution in [0.2, 0.25) is 0 Å². The normalized spacial score (nSPS) is 13.4. The van der Waals surface area contributed by atoms with E-state index in [1.54, 1.807) is 0 Å². The van der Waals surface area contributed by atoms with Crippen molar-refractivity contribution in [3.63, 3.8) is 0 Å². The van der Waals surface area contributed by atoms with Crippen molar-refractivity contribution in [3.05, 3.63) is 60.8 Å². The van der Waals surface area contributed by atoms with E-state index in [4.69, 9.17) is 9.84 Å². The third kappa shape index (κ3) is 20.2. The number of carboxylic acid groups (broad SMARTS) is 1. The SMILES string of the molecule is CC/C=C\C/C=C\C/C=C\C/C=C\C/C=C\CCCCCC(=O)OC(C)C(=O)O. The molecule has 0 heterocycles. The molecule has 0 fully saturated rings. The number of ether oxygens (including phenoxy) is 1. The summed E-state index contributed by atoms with van der Waals surface area (Å²) in [4.78, 5) is 22.0. The Morgan fingerprint density at radius 3 is 1.72 bits per heavy atom. The third-order valence-electron chi connectivity index (χ3n) is 4.07. The standard InChI is InChI=1S/C25H38O4/c1-3-4-5-6-7-8-9-10-11-12-13-14-15-16-17-18-19-20-21-22-24(26)29-23(2)25(27)28/h4-5,7-8,10-11,13-14,16-17,23H,3,6,9,12,15,18-22H2,1-2H3,(H,27,28)/b5-4-,8-7-,11-10-,14-13-,17-16-. The smallest absolute Gasteiger partial charge is 0.344 e. The van der Waals surface area contributed by atoms with E-state index < -0.39 is 18.0 Å². The van der Waals surface area contributed by atoms with E-state index in [2.05, 4.69) is 67.7 Å². The molecule has 0 aromatic carbocycles. The Bertz CT molecular complexity index is 567. The fraction of sp³-hybridized carbons (Fsp3) is 0.520.